The summed E-state index contributed by atoms with van der Waals surface area (Å²) in [4.78, 5) is 36.5. The van der Waals surface area contributed by atoms with Crippen LogP contribution in [0.15, 0.2) is 9.59 Å². The number of hydrogen-bond donors (Lipinski definition) is 3. The van der Waals surface area contributed by atoms with Crippen LogP contribution in [0.5, 0.6) is 0 Å². The maximum Gasteiger partial charge on any atom is 0.327 e. The molecule has 3 N–H and O–H groups in total. The molecule has 6 unspecified atom stereocenters. The van der Waals surface area contributed by atoms with Crippen LogP contribution >= 0.6 is 0 Å². The Labute approximate surface area is 144 Å². The van der Waals surface area contributed by atoms with Gasteiger partial charge in [0.15, 0.2) is 5.65 Å². The minimum atomic E-state index is -0.512. The molecule has 2 saturated carbocycles. The lowest BCUT2D eigenvalue weighted by Gasteiger charge is -2.36. The Bertz CT molecular complexity index is 944. The van der Waals surface area contributed by atoms with Gasteiger partial charge in [0.05, 0.1) is 12.2 Å². The average molecular weight is 344 g/mol. The van der Waals surface area contributed by atoms with E-state index in [9.17, 15) is 9.59 Å². The summed E-state index contributed by atoms with van der Waals surface area (Å²) in [5, 5.41) is 0. The molecule has 2 bridgehead atoms. The first-order valence-corrected chi connectivity index (χ1v) is 9.46. The summed E-state index contributed by atoms with van der Waals surface area (Å²) in [6.45, 7) is 4.45. The highest BCUT2D eigenvalue weighted by molar-refractivity contribution is 5.68. The second-order valence-corrected chi connectivity index (χ2v) is 8.06. The minimum Gasteiger partial charge on any atom is -0.369 e. The Hall–Kier alpha value is -1.89. The maximum absolute atomic E-state index is 12.1. The molecule has 7 nitrogen and oxygen atoms in total. The molecule has 3 heterocycles. The molecular weight excluding hydrogens is 320 g/mol. The molecule has 2 aromatic rings. The second kappa shape index (κ2) is 5.06. The molecule has 134 valence electrons. The SMILES string of the molecule is CCCC1C2CC(CCC)(C3OC23)C1c1nc2[nH]c(=O)[nH]c(=O)c2[nH]1. The van der Waals surface area contributed by atoms with Crippen molar-refractivity contribution in [3.05, 3.63) is 26.7 Å². The molecule has 3 fully saturated rings. The second-order valence-electron chi connectivity index (χ2n) is 8.06. The van der Waals surface area contributed by atoms with Gasteiger partial charge in [0.25, 0.3) is 5.56 Å². The smallest absolute Gasteiger partial charge is 0.327 e. The third kappa shape index (κ3) is 1.93. The van der Waals surface area contributed by atoms with Crippen molar-refractivity contribution >= 4 is 11.2 Å². The fourth-order valence-corrected chi connectivity index (χ4v) is 6.11. The van der Waals surface area contributed by atoms with Gasteiger partial charge in [-0.05, 0) is 31.1 Å². The van der Waals surface area contributed by atoms with Crippen LogP contribution in [0.2, 0.25) is 0 Å². The molecule has 7 heteroatoms. The van der Waals surface area contributed by atoms with Crippen LogP contribution in [0.3, 0.4) is 0 Å². The number of imidazole rings is 1. The molecule has 2 aliphatic carbocycles. The van der Waals surface area contributed by atoms with Crippen LogP contribution in [-0.2, 0) is 4.74 Å². The van der Waals surface area contributed by atoms with E-state index in [1.54, 1.807) is 0 Å². The summed E-state index contributed by atoms with van der Waals surface area (Å²) in [5.74, 6) is 2.26. The lowest BCUT2D eigenvalue weighted by atomic mass is 9.66. The van der Waals surface area contributed by atoms with E-state index in [1.165, 1.54) is 6.42 Å². The molecular formula is C18H24N4O3. The van der Waals surface area contributed by atoms with Crippen molar-refractivity contribution in [3.63, 3.8) is 0 Å². The van der Waals surface area contributed by atoms with Gasteiger partial charge in [0, 0.05) is 11.3 Å². The minimum absolute atomic E-state index is 0.130. The van der Waals surface area contributed by atoms with Crippen molar-refractivity contribution in [3.8, 4) is 0 Å². The van der Waals surface area contributed by atoms with Gasteiger partial charge >= 0.3 is 5.69 Å². The molecule has 0 radical (unpaired) electrons. The number of epoxide rings is 1. The quantitative estimate of drug-likeness (QED) is 0.721. The molecule has 6 atom stereocenters. The molecule has 1 aliphatic heterocycles. The normalized spacial score (nSPS) is 38.4. The molecule has 0 aromatic carbocycles. The molecule has 0 spiro atoms. The van der Waals surface area contributed by atoms with Gasteiger partial charge in [-0.3, -0.25) is 14.8 Å². The average Bonchev–Trinajstić information content (AvgIpc) is 3.05. The number of ether oxygens (including phenoxy) is 1. The van der Waals surface area contributed by atoms with Crippen molar-refractivity contribution in [1.29, 1.82) is 0 Å². The summed E-state index contributed by atoms with van der Waals surface area (Å²) in [6, 6.07) is 0. The Balaban J connectivity index is 1.66. The van der Waals surface area contributed by atoms with Crippen molar-refractivity contribution in [1.82, 2.24) is 19.9 Å². The first-order valence-electron chi connectivity index (χ1n) is 9.46. The number of H-pyrrole nitrogens is 3. The molecule has 25 heavy (non-hydrogen) atoms. The van der Waals surface area contributed by atoms with E-state index in [2.05, 4.69) is 33.8 Å². The maximum atomic E-state index is 12.1. The molecule has 1 saturated heterocycles. The number of nitrogens with zero attached hydrogens (tertiary/aromatic N) is 1. The highest BCUT2D eigenvalue weighted by Gasteiger charge is 2.74. The van der Waals surface area contributed by atoms with Gasteiger partial charge in [-0.2, -0.15) is 0 Å². The van der Waals surface area contributed by atoms with Crippen LogP contribution in [0, 0.1) is 17.3 Å². The third-order valence-electron chi connectivity index (χ3n) is 6.77. The Kier molecular flexibility index (Phi) is 3.11. The highest BCUT2D eigenvalue weighted by Crippen LogP contribution is 2.73. The topological polar surface area (TPSA) is 107 Å². The molecule has 5 rings (SSSR count). The first-order chi connectivity index (χ1) is 12.1. The summed E-state index contributed by atoms with van der Waals surface area (Å²) < 4.78 is 6.07. The predicted octanol–water partition coefficient (Wildman–Crippen LogP) is 2.03. The number of aromatic nitrogens is 4. The van der Waals surface area contributed by atoms with Gasteiger partial charge in [-0.15, -0.1) is 0 Å². The van der Waals surface area contributed by atoms with Gasteiger partial charge in [-0.1, -0.05) is 26.7 Å². The van der Waals surface area contributed by atoms with Crippen LogP contribution < -0.4 is 11.2 Å². The van der Waals surface area contributed by atoms with Gasteiger partial charge < -0.3 is 9.72 Å². The fourth-order valence-electron chi connectivity index (χ4n) is 6.11. The van der Waals surface area contributed by atoms with Gasteiger partial charge in [0.1, 0.15) is 11.3 Å². The molecule has 0 amide bonds. The van der Waals surface area contributed by atoms with Crippen LogP contribution in [0.4, 0.5) is 0 Å². The number of hydrogen-bond acceptors (Lipinski definition) is 4. The van der Waals surface area contributed by atoms with Crippen molar-refractivity contribution in [2.24, 2.45) is 17.3 Å². The van der Waals surface area contributed by atoms with E-state index in [-0.39, 0.29) is 11.3 Å². The zero-order valence-corrected chi connectivity index (χ0v) is 14.6. The molecule has 2 aromatic heterocycles. The lowest BCUT2D eigenvalue weighted by molar-refractivity contribution is 0.140. The molecule has 3 aliphatic rings. The number of rotatable bonds is 5. The Morgan fingerprint density at radius 2 is 2.04 bits per heavy atom. The zero-order chi connectivity index (χ0) is 17.3. The van der Waals surface area contributed by atoms with E-state index in [4.69, 9.17) is 4.74 Å². The largest absolute Gasteiger partial charge is 0.369 e. The van der Waals surface area contributed by atoms with E-state index >= 15 is 0 Å². The Morgan fingerprint density at radius 1 is 1.20 bits per heavy atom. The fraction of sp³-hybridized carbons (Fsp3) is 0.722. The zero-order valence-electron chi connectivity index (χ0n) is 14.6. The van der Waals surface area contributed by atoms with E-state index in [0.717, 1.165) is 31.5 Å². The predicted molar refractivity (Wildman–Crippen MR) is 92.6 cm³/mol. The number of aromatic amines is 3. The summed E-state index contributed by atoms with van der Waals surface area (Å²) >= 11 is 0. The number of nitrogens with one attached hydrogen (secondary N) is 3. The van der Waals surface area contributed by atoms with E-state index in [0.29, 0.717) is 35.2 Å². The van der Waals surface area contributed by atoms with Gasteiger partial charge in [-0.25, -0.2) is 9.78 Å². The Morgan fingerprint density at radius 3 is 2.80 bits per heavy atom. The number of fused-ring (bicyclic) bond motifs is 6. The summed E-state index contributed by atoms with van der Waals surface area (Å²) in [5.41, 5.74) is -0.0559. The lowest BCUT2D eigenvalue weighted by Crippen LogP contribution is -2.35. The van der Waals surface area contributed by atoms with Gasteiger partial charge in [0.2, 0.25) is 0 Å². The monoisotopic (exact) mass is 344 g/mol. The standard InChI is InChI=1S/C18H24N4O3/c1-3-5-8-9-7-18(6-4-2,13-12(9)25-13)10(8)14-19-11-15(20-14)21-17(24)22-16(11)23/h8-10,12-13H,3-7H2,1-2H3,(H3,19,20,21,22,23,24). The summed E-state index contributed by atoms with van der Waals surface area (Å²) in [6.07, 6.45) is 6.51. The summed E-state index contributed by atoms with van der Waals surface area (Å²) in [7, 11) is 0. The van der Waals surface area contributed by atoms with Crippen LogP contribution in [0.25, 0.3) is 11.2 Å². The first kappa shape index (κ1) is 15.4. The van der Waals surface area contributed by atoms with Crippen molar-refractivity contribution in [2.45, 2.75) is 64.1 Å². The third-order valence-corrected chi connectivity index (χ3v) is 6.77. The highest BCUT2D eigenvalue weighted by atomic mass is 16.6. The van der Waals surface area contributed by atoms with E-state index < -0.39 is 11.2 Å². The van der Waals surface area contributed by atoms with Crippen molar-refractivity contribution in [2.75, 3.05) is 0 Å². The van der Waals surface area contributed by atoms with Crippen LogP contribution in [-0.4, -0.2) is 32.1 Å². The van der Waals surface area contributed by atoms with Crippen LogP contribution in [0.1, 0.15) is 57.7 Å². The van der Waals surface area contributed by atoms with E-state index in [1.807, 2.05) is 0 Å². The van der Waals surface area contributed by atoms with Crippen molar-refractivity contribution < 1.29 is 4.74 Å².